The molecular weight excluding hydrogens is 266 g/mol. The molecule has 1 aliphatic heterocycles. The van der Waals surface area contributed by atoms with Crippen LogP contribution in [0.25, 0.3) is 0 Å². The minimum atomic E-state index is 0.423. The Kier molecular flexibility index (Phi) is 6.33. The van der Waals surface area contributed by atoms with E-state index in [0.717, 1.165) is 43.9 Å². The largest absolute Gasteiger partial charge is 0.493 e. The highest BCUT2D eigenvalue weighted by atomic mass is 16.5. The van der Waals surface area contributed by atoms with Gasteiger partial charge in [-0.25, -0.2) is 0 Å². The smallest absolute Gasteiger partial charge is 0.161 e. The van der Waals surface area contributed by atoms with Gasteiger partial charge in [0.1, 0.15) is 0 Å². The molecule has 118 valence electrons. The molecule has 1 saturated heterocycles. The summed E-state index contributed by atoms with van der Waals surface area (Å²) in [4.78, 5) is 0. The van der Waals surface area contributed by atoms with Crippen LogP contribution in [0.1, 0.15) is 38.2 Å². The highest BCUT2D eigenvalue weighted by Crippen LogP contribution is 2.27. The Morgan fingerprint density at radius 1 is 1.24 bits per heavy atom. The van der Waals surface area contributed by atoms with Gasteiger partial charge in [0.05, 0.1) is 20.3 Å². The molecule has 1 heterocycles. The molecule has 4 heteroatoms. The lowest BCUT2D eigenvalue weighted by molar-refractivity contribution is -0.00343. The summed E-state index contributed by atoms with van der Waals surface area (Å²) in [5, 5.41) is 3.64. The van der Waals surface area contributed by atoms with E-state index >= 15 is 0 Å². The van der Waals surface area contributed by atoms with Crippen molar-refractivity contribution in [2.75, 3.05) is 20.8 Å². The van der Waals surface area contributed by atoms with E-state index in [1.807, 2.05) is 12.1 Å². The average Bonchev–Trinajstić information content (AvgIpc) is 2.53. The van der Waals surface area contributed by atoms with E-state index in [1.165, 1.54) is 12.0 Å². The van der Waals surface area contributed by atoms with Gasteiger partial charge < -0.3 is 19.5 Å². The third-order valence-corrected chi connectivity index (χ3v) is 4.02. The molecule has 1 aromatic carbocycles. The molecule has 1 aliphatic rings. The van der Waals surface area contributed by atoms with Crippen molar-refractivity contribution in [3.05, 3.63) is 23.8 Å². The van der Waals surface area contributed by atoms with E-state index in [1.54, 1.807) is 14.2 Å². The fourth-order valence-corrected chi connectivity index (χ4v) is 2.84. The van der Waals surface area contributed by atoms with Crippen LogP contribution in [-0.4, -0.2) is 33.0 Å². The standard InChI is InChI=1S/C17H27NO3/c1-4-5-15-11-14(8-9-21-15)18-12-13-6-7-16(19-2)17(10-13)20-3/h6-7,10,14-15,18H,4-5,8-9,11-12H2,1-3H3. The highest BCUT2D eigenvalue weighted by molar-refractivity contribution is 5.42. The molecule has 0 spiro atoms. The molecule has 1 fully saturated rings. The van der Waals surface area contributed by atoms with E-state index < -0.39 is 0 Å². The average molecular weight is 293 g/mol. The SMILES string of the molecule is CCCC1CC(NCc2ccc(OC)c(OC)c2)CCO1. The molecule has 21 heavy (non-hydrogen) atoms. The zero-order chi connectivity index (χ0) is 15.1. The van der Waals surface area contributed by atoms with E-state index in [9.17, 15) is 0 Å². The molecule has 0 saturated carbocycles. The number of ether oxygens (including phenoxy) is 3. The number of hydrogen-bond acceptors (Lipinski definition) is 4. The molecule has 4 nitrogen and oxygen atoms in total. The van der Waals surface area contributed by atoms with Gasteiger partial charge in [-0.2, -0.15) is 0 Å². The van der Waals surface area contributed by atoms with E-state index in [-0.39, 0.29) is 0 Å². The van der Waals surface area contributed by atoms with Crippen LogP contribution in [0.5, 0.6) is 11.5 Å². The van der Waals surface area contributed by atoms with E-state index in [4.69, 9.17) is 14.2 Å². The lowest BCUT2D eigenvalue weighted by Gasteiger charge is -2.30. The summed E-state index contributed by atoms with van der Waals surface area (Å²) < 4.78 is 16.4. The van der Waals surface area contributed by atoms with Gasteiger partial charge in [0.2, 0.25) is 0 Å². The van der Waals surface area contributed by atoms with Gasteiger partial charge in [-0.05, 0) is 37.0 Å². The van der Waals surface area contributed by atoms with Crippen LogP contribution in [0.3, 0.4) is 0 Å². The van der Waals surface area contributed by atoms with Crippen molar-refractivity contribution in [1.29, 1.82) is 0 Å². The Balaban J connectivity index is 1.87. The summed E-state index contributed by atoms with van der Waals surface area (Å²) in [6.45, 7) is 3.93. The van der Waals surface area contributed by atoms with Crippen molar-refractivity contribution < 1.29 is 14.2 Å². The van der Waals surface area contributed by atoms with Gasteiger partial charge in [-0.1, -0.05) is 19.4 Å². The summed E-state index contributed by atoms with van der Waals surface area (Å²) in [6, 6.07) is 6.62. The van der Waals surface area contributed by atoms with Gasteiger partial charge in [-0.15, -0.1) is 0 Å². The molecule has 2 unspecified atom stereocenters. The molecule has 0 radical (unpaired) electrons. The normalized spacial score (nSPS) is 22.0. The van der Waals surface area contributed by atoms with Crippen LogP contribution in [0.4, 0.5) is 0 Å². The maximum Gasteiger partial charge on any atom is 0.161 e. The van der Waals surface area contributed by atoms with Gasteiger partial charge in [-0.3, -0.25) is 0 Å². The van der Waals surface area contributed by atoms with Crippen LogP contribution in [-0.2, 0) is 11.3 Å². The first-order valence-corrected chi connectivity index (χ1v) is 7.82. The number of nitrogens with one attached hydrogen (secondary N) is 1. The highest BCUT2D eigenvalue weighted by Gasteiger charge is 2.21. The van der Waals surface area contributed by atoms with Crippen LogP contribution in [0.15, 0.2) is 18.2 Å². The van der Waals surface area contributed by atoms with Crippen molar-refractivity contribution in [2.45, 2.75) is 51.3 Å². The van der Waals surface area contributed by atoms with Crippen molar-refractivity contribution in [2.24, 2.45) is 0 Å². The quantitative estimate of drug-likeness (QED) is 0.838. The van der Waals surface area contributed by atoms with Gasteiger partial charge in [0.25, 0.3) is 0 Å². The lowest BCUT2D eigenvalue weighted by atomic mass is 10.00. The fourth-order valence-electron chi connectivity index (χ4n) is 2.84. The summed E-state index contributed by atoms with van der Waals surface area (Å²) in [7, 11) is 3.33. The minimum absolute atomic E-state index is 0.423. The molecular formula is C17H27NO3. The summed E-state index contributed by atoms with van der Waals surface area (Å²) in [5.41, 5.74) is 1.21. The van der Waals surface area contributed by atoms with Crippen LogP contribution in [0, 0.1) is 0 Å². The molecule has 0 bridgehead atoms. The van der Waals surface area contributed by atoms with Crippen LogP contribution < -0.4 is 14.8 Å². The maximum absolute atomic E-state index is 5.79. The summed E-state index contributed by atoms with van der Waals surface area (Å²) in [6.07, 6.45) is 4.97. The Labute approximate surface area is 127 Å². The Hall–Kier alpha value is -1.26. The summed E-state index contributed by atoms with van der Waals surface area (Å²) >= 11 is 0. The molecule has 0 aromatic heterocycles. The van der Waals surface area contributed by atoms with Gasteiger partial charge >= 0.3 is 0 Å². The molecule has 1 aromatic rings. The zero-order valence-corrected chi connectivity index (χ0v) is 13.4. The van der Waals surface area contributed by atoms with E-state index in [0.29, 0.717) is 12.1 Å². The Bertz CT molecular complexity index is 434. The Morgan fingerprint density at radius 2 is 2.05 bits per heavy atom. The molecule has 0 aliphatic carbocycles. The monoisotopic (exact) mass is 293 g/mol. The number of methoxy groups -OCH3 is 2. The third-order valence-electron chi connectivity index (χ3n) is 4.02. The first-order chi connectivity index (χ1) is 10.3. The van der Waals surface area contributed by atoms with Gasteiger partial charge in [0, 0.05) is 19.2 Å². The summed E-state index contributed by atoms with van der Waals surface area (Å²) in [5.74, 6) is 1.56. The topological polar surface area (TPSA) is 39.7 Å². The second kappa shape index (κ2) is 8.25. The van der Waals surface area contributed by atoms with Crippen molar-refractivity contribution in [3.8, 4) is 11.5 Å². The first kappa shape index (κ1) is 16.1. The molecule has 2 rings (SSSR count). The van der Waals surface area contributed by atoms with Gasteiger partial charge in [0.15, 0.2) is 11.5 Å². The lowest BCUT2D eigenvalue weighted by Crippen LogP contribution is -2.38. The number of benzene rings is 1. The Morgan fingerprint density at radius 3 is 2.76 bits per heavy atom. The van der Waals surface area contributed by atoms with Crippen LogP contribution in [0.2, 0.25) is 0 Å². The number of hydrogen-bond donors (Lipinski definition) is 1. The first-order valence-electron chi connectivity index (χ1n) is 7.82. The predicted octanol–water partition coefficient (Wildman–Crippen LogP) is 3.14. The maximum atomic E-state index is 5.79. The second-order valence-corrected chi connectivity index (χ2v) is 5.57. The van der Waals surface area contributed by atoms with Crippen molar-refractivity contribution >= 4 is 0 Å². The van der Waals surface area contributed by atoms with Crippen molar-refractivity contribution in [3.63, 3.8) is 0 Å². The molecule has 1 N–H and O–H groups in total. The van der Waals surface area contributed by atoms with E-state index in [2.05, 4.69) is 18.3 Å². The third kappa shape index (κ3) is 4.61. The predicted molar refractivity (Wildman–Crippen MR) is 84.1 cm³/mol. The van der Waals surface area contributed by atoms with Crippen LogP contribution >= 0.6 is 0 Å². The fraction of sp³-hybridized carbons (Fsp3) is 0.647. The zero-order valence-electron chi connectivity index (χ0n) is 13.4. The van der Waals surface area contributed by atoms with Crippen molar-refractivity contribution in [1.82, 2.24) is 5.32 Å². The molecule has 0 amide bonds. The molecule has 2 atom stereocenters. The minimum Gasteiger partial charge on any atom is -0.493 e. The second-order valence-electron chi connectivity index (χ2n) is 5.57. The number of rotatable bonds is 7.